The molecule has 1 aliphatic rings. The fourth-order valence-corrected chi connectivity index (χ4v) is 3.35. The second-order valence-electron chi connectivity index (χ2n) is 7.44. The van der Waals surface area contributed by atoms with Crippen LogP contribution in [0.3, 0.4) is 0 Å². The van der Waals surface area contributed by atoms with Gasteiger partial charge in [-0.25, -0.2) is 0 Å². The highest BCUT2D eigenvalue weighted by atomic mass is 16.5. The number of carbonyl (C=O) groups excluding carboxylic acids is 2. The zero-order chi connectivity index (χ0) is 18.6. The van der Waals surface area contributed by atoms with Gasteiger partial charge in [0.05, 0.1) is 0 Å². The maximum absolute atomic E-state index is 12.6. The van der Waals surface area contributed by atoms with Crippen LogP contribution in [0.2, 0.25) is 0 Å². The SMILES string of the molecule is COCC(=O)N[C@H](C(=O)N[C@H](C)[C@@H]1C[C@H]1c1cccc(C)c1)C(C)C. The first-order chi connectivity index (χ1) is 11.8. The molecular formula is C20H30N2O3. The number of nitrogens with one attached hydrogen (secondary N) is 2. The largest absolute Gasteiger partial charge is 0.375 e. The molecule has 1 aromatic carbocycles. The van der Waals surface area contributed by atoms with Crippen LogP contribution in [0.4, 0.5) is 0 Å². The van der Waals surface area contributed by atoms with E-state index in [1.165, 1.54) is 18.2 Å². The summed E-state index contributed by atoms with van der Waals surface area (Å²) >= 11 is 0. The summed E-state index contributed by atoms with van der Waals surface area (Å²) in [6.45, 7) is 7.96. The molecule has 0 aromatic heterocycles. The molecular weight excluding hydrogens is 316 g/mol. The first-order valence-electron chi connectivity index (χ1n) is 8.98. The number of amides is 2. The van der Waals surface area contributed by atoms with Gasteiger partial charge in [0.1, 0.15) is 12.6 Å². The molecule has 0 spiro atoms. The van der Waals surface area contributed by atoms with E-state index in [2.05, 4.69) is 41.8 Å². The third-order valence-corrected chi connectivity index (χ3v) is 4.86. The summed E-state index contributed by atoms with van der Waals surface area (Å²) in [4.78, 5) is 24.3. The van der Waals surface area contributed by atoms with Crippen molar-refractivity contribution in [3.63, 3.8) is 0 Å². The third kappa shape index (κ3) is 5.30. The van der Waals surface area contributed by atoms with Crippen molar-refractivity contribution in [1.29, 1.82) is 0 Å². The normalized spacial score (nSPS) is 21.5. The molecule has 138 valence electrons. The zero-order valence-electron chi connectivity index (χ0n) is 15.8. The van der Waals surface area contributed by atoms with Crippen molar-refractivity contribution in [3.8, 4) is 0 Å². The average molecular weight is 346 g/mol. The van der Waals surface area contributed by atoms with Crippen molar-refractivity contribution in [3.05, 3.63) is 35.4 Å². The minimum atomic E-state index is -0.540. The molecule has 1 aromatic rings. The predicted octanol–water partition coefficient (Wildman–Crippen LogP) is 2.39. The second kappa shape index (κ2) is 8.48. The summed E-state index contributed by atoms with van der Waals surface area (Å²) in [6, 6.07) is 8.11. The van der Waals surface area contributed by atoms with Crippen molar-refractivity contribution < 1.29 is 14.3 Å². The Morgan fingerprint density at radius 3 is 2.56 bits per heavy atom. The molecule has 0 aliphatic heterocycles. The van der Waals surface area contributed by atoms with E-state index in [0.717, 1.165) is 6.42 Å². The van der Waals surface area contributed by atoms with Crippen molar-refractivity contribution >= 4 is 11.8 Å². The number of methoxy groups -OCH3 is 1. The maximum Gasteiger partial charge on any atom is 0.246 e. The molecule has 0 bridgehead atoms. The van der Waals surface area contributed by atoms with Gasteiger partial charge in [0.15, 0.2) is 0 Å². The van der Waals surface area contributed by atoms with E-state index < -0.39 is 6.04 Å². The van der Waals surface area contributed by atoms with Gasteiger partial charge < -0.3 is 15.4 Å². The van der Waals surface area contributed by atoms with Crippen molar-refractivity contribution in [2.75, 3.05) is 13.7 Å². The standard InChI is InChI=1S/C20H30N2O3/c1-12(2)19(22-18(23)11-25-5)20(24)21-14(4)16-10-17(16)15-8-6-7-13(3)9-15/h6-9,12,14,16-17,19H,10-11H2,1-5H3,(H,21,24)(H,22,23)/t14-,16+,17+,19+/m1/s1. The van der Waals surface area contributed by atoms with E-state index in [9.17, 15) is 9.59 Å². The molecule has 25 heavy (non-hydrogen) atoms. The van der Waals surface area contributed by atoms with Crippen molar-refractivity contribution in [1.82, 2.24) is 10.6 Å². The molecule has 1 fully saturated rings. The van der Waals surface area contributed by atoms with E-state index in [1.54, 1.807) is 0 Å². The Hall–Kier alpha value is -1.88. The van der Waals surface area contributed by atoms with Gasteiger partial charge in [0, 0.05) is 13.2 Å². The summed E-state index contributed by atoms with van der Waals surface area (Å²) in [7, 11) is 1.46. The van der Waals surface area contributed by atoms with Crippen LogP contribution in [0.15, 0.2) is 24.3 Å². The molecule has 5 heteroatoms. The van der Waals surface area contributed by atoms with Crippen molar-refractivity contribution in [2.45, 2.75) is 52.1 Å². The number of rotatable bonds is 8. The number of carbonyl (C=O) groups is 2. The first-order valence-corrected chi connectivity index (χ1v) is 8.98. The molecule has 4 atom stereocenters. The Bertz CT molecular complexity index is 615. The van der Waals surface area contributed by atoms with Gasteiger partial charge in [0.25, 0.3) is 0 Å². The Morgan fingerprint density at radius 1 is 1.24 bits per heavy atom. The van der Waals surface area contributed by atoms with Gasteiger partial charge in [-0.2, -0.15) is 0 Å². The third-order valence-electron chi connectivity index (χ3n) is 4.86. The van der Waals surface area contributed by atoms with E-state index in [4.69, 9.17) is 4.74 Å². The lowest BCUT2D eigenvalue weighted by molar-refractivity contribution is -0.132. The highest BCUT2D eigenvalue weighted by molar-refractivity contribution is 5.88. The monoisotopic (exact) mass is 346 g/mol. The van der Waals surface area contributed by atoms with Gasteiger partial charge in [-0.3, -0.25) is 9.59 Å². The van der Waals surface area contributed by atoms with Crippen LogP contribution in [0, 0.1) is 18.8 Å². The summed E-state index contributed by atoms with van der Waals surface area (Å²) in [6.07, 6.45) is 1.09. The average Bonchev–Trinajstić information content (AvgIpc) is 3.33. The van der Waals surface area contributed by atoms with Gasteiger partial charge in [-0.1, -0.05) is 43.7 Å². The maximum atomic E-state index is 12.6. The van der Waals surface area contributed by atoms with Crippen LogP contribution in [0.5, 0.6) is 0 Å². The number of benzene rings is 1. The quantitative estimate of drug-likeness (QED) is 0.759. The highest BCUT2D eigenvalue weighted by Gasteiger charge is 2.43. The van der Waals surface area contributed by atoms with Gasteiger partial charge in [-0.05, 0) is 43.6 Å². The van der Waals surface area contributed by atoms with Crippen LogP contribution < -0.4 is 10.6 Å². The van der Waals surface area contributed by atoms with Gasteiger partial charge >= 0.3 is 0 Å². The molecule has 1 saturated carbocycles. The van der Waals surface area contributed by atoms with Crippen molar-refractivity contribution in [2.24, 2.45) is 11.8 Å². The van der Waals surface area contributed by atoms with E-state index in [0.29, 0.717) is 11.8 Å². The van der Waals surface area contributed by atoms with Gasteiger partial charge in [-0.15, -0.1) is 0 Å². The Morgan fingerprint density at radius 2 is 1.96 bits per heavy atom. The fourth-order valence-electron chi connectivity index (χ4n) is 3.35. The highest BCUT2D eigenvalue weighted by Crippen LogP contribution is 2.49. The molecule has 0 unspecified atom stereocenters. The Balaban J connectivity index is 1.91. The summed E-state index contributed by atoms with van der Waals surface area (Å²) < 4.78 is 4.82. The minimum absolute atomic E-state index is 0.0137. The zero-order valence-corrected chi connectivity index (χ0v) is 15.8. The lowest BCUT2D eigenvalue weighted by Gasteiger charge is -2.24. The predicted molar refractivity (Wildman–Crippen MR) is 98.3 cm³/mol. The lowest BCUT2D eigenvalue weighted by atomic mass is 10.0. The molecule has 0 saturated heterocycles. The summed E-state index contributed by atoms with van der Waals surface area (Å²) in [5.74, 6) is 0.582. The van der Waals surface area contributed by atoms with E-state index in [-0.39, 0.29) is 30.4 Å². The molecule has 5 nitrogen and oxygen atoms in total. The summed E-state index contributed by atoms with van der Waals surface area (Å²) in [5, 5.41) is 5.85. The minimum Gasteiger partial charge on any atom is -0.375 e. The number of hydrogen-bond acceptors (Lipinski definition) is 3. The molecule has 2 rings (SSSR count). The Labute approximate surface area is 150 Å². The molecule has 2 amide bonds. The van der Waals surface area contributed by atoms with Crippen LogP contribution in [0.1, 0.15) is 44.2 Å². The van der Waals surface area contributed by atoms with Gasteiger partial charge in [0.2, 0.25) is 11.8 Å². The second-order valence-corrected chi connectivity index (χ2v) is 7.44. The van der Waals surface area contributed by atoms with E-state index in [1.807, 2.05) is 20.8 Å². The fraction of sp³-hybridized carbons (Fsp3) is 0.600. The lowest BCUT2D eigenvalue weighted by Crippen LogP contribution is -2.52. The molecule has 1 aliphatic carbocycles. The van der Waals surface area contributed by atoms with Crippen LogP contribution >= 0.6 is 0 Å². The number of hydrogen-bond donors (Lipinski definition) is 2. The number of aryl methyl sites for hydroxylation is 1. The smallest absolute Gasteiger partial charge is 0.246 e. The molecule has 2 N–H and O–H groups in total. The van der Waals surface area contributed by atoms with Crippen LogP contribution in [-0.2, 0) is 14.3 Å². The topological polar surface area (TPSA) is 67.4 Å². The first kappa shape index (κ1) is 19.4. The van der Waals surface area contributed by atoms with Crippen LogP contribution in [0.25, 0.3) is 0 Å². The Kier molecular flexibility index (Phi) is 6.59. The summed E-state index contributed by atoms with van der Waals surface area (Å²) in [5.41, 5.74) is 2.61. The molecule has 0 heterocycles. The number of ether oxygens (including phenoxy) is 1. The van der Waals surface area contributed by atoms with Crippen LogP contribution in [-0.4, -0.2) is 37.6 Å². The molecule has 0 radical (unpaired) electrons. The van der Waals surface area contributed by atoms with E-state index >= 15 is 0 Å².